The summed E-state index contributed by atoms with van der Waals surface area (Å²) >= 11 is 3.31. The first-order valence-electron chi connectivity index (χ1n) is 4.01. The predicted octanol–water partition coefficient (Wildman–Crippen LogP) is 2.42. The molecule has 1 saturated carbocycles. The first-order chi connectivity index (χ1) is 5.21. The van der Waals surface area contributed by atoms with E-state index in [4.69, 9.17) is 5.11 Å². The van der Waals surface area contributed by atoms with Gasteiger partial charge in [0.1, 0.15) is 0 Å². The Morgan fingerprint density at radius 1 is 1.55 bits per heavy atom. The Balaban J connectivity index is 2.40. The van der Waals surface area contributed by atoms with Gasteiger partial charge in [0.05, 0.1) is 5.41 Å². The van der Waals surface area contributed by atoms with Gasteiger partial charge >= 0.3 is 5.97 Å². The summed E-state index contributed by atoms with van der Waals surface area (Å²) in [6.45, 7) is 0. The van der Waals surface area contributed by atoms with Crippen molar-refractivity contribution in [3.05, 3.63) is 0 Å². The molecule has 0 aromatic heterocycles. The van der Waals surface area contributed by atoms with E-state index in [1.54, 1.807) is 0 Å². The third-order valence-electron chi connectivity index (χ3n) is 2.55. The summed E-state index contributed by atoms with van der Waals surface area (Å²) in [6, 6.07) is 0. The Labute approximate surface area is 75.1 Å². The summed E-state index contributed by atoms with van der Waals surface area (Å²) < 4.78 is 0. The highest BCUT2D eigenvalue weighted by Crippen LogP contribution is 2.44. The number of carboxylic acids is 1. The van der Waals surface area contributed by atoms with Gasteiger partial charge in [-0.15, -0.1) is 0 Å². The van der Waals surface area contributed by atoms with Crippen molar-refractivity contribution >= 4 is 21.9 Å². The van der Waals surface area contributed by atoms with Gasteiger partial charge in [0.15, 0.2) is 0 Å². The van der Waals surface area contributed by atoms with Gasteiger partial charge in [0, 0.05) is 5.33 Å². The Bertz CT molecular complexity index is 152. The summed E-state index contributed by atoms with van der Waals surface area (Å²) in [5, 5.41) is 9.81. The SMILES string of the molecule is O=C(O)C1(CCCBr)CCC1. The van der Waals surface area contributed by atoms with E-state index >= 15 is 0 Å². The van der Waals surface area contributed by atoms with Gasteiger partial charge in [-0.25, -0.2) is 0 Å². The number of hydrogen-bond acceptors (Lipinski definition) is 1. The highest BCUT2D eigenvalue weighted by Gasteiger charge is 2.43. The molecule has 1 aliphatic carbocycles. The molecule has 0 aromatic rings. The van der Waals surface area contributed by atoms with Crippen molar-refractivity contribution in [2.24, 2.45) is 5.41 Å². The van der Waals surface area contributed by atoms with Gasteiger partial charge in [0.2, 0.25) is 0 Å². The molecule has 0 spiro atoms. The van der Waals surface area contributed by atoms with Crippen molar-refractivity contribution in [1.29, 1.82) is 0 Å². The summed E-state index contributed by atoms with van der Waals surface area (Å²) in [5.41, 5.74) is -0.340. The quantitative estimate of drug-likeness (QED) is 0.740. The lowest BCUT2D eigenvalue weighted by atomic mass is 9.66. The maximum absolute atomic E-state index is 10.8. The van der Waals surface area contributed by atoms with Crippen LogP contribution in [0.2, 0.25) is 0 Å². The zero-order chi connectivity index (χ0) is 8.32. The summed E-state index contributed by atoms with van der Waals surface area (Å²) in [7, 11) is 0. The Kier molecular flexibility index (Phi) is 2.93. The second kappa shape index (κ2) is 3.57. The Hall–Kier alpha value is -0.0500. The smallest absolute Gasteiger partial charge is 0.309 e. The topological polar surface area (TPSA) is 37.3 Å². The van der Waals surface area contributed by atoms with Crippen molar-refractivity contribution < 1.29 is 9.90 Å². The molecule has 0 saturated heterocycles. The van der Waals surface area contributed by atoms with Gasteiger partial charge < -0.3 is 5.11 Å². The Morgan fingerprint density at radius 2 is 2.18 bits per heavy atom. The van der Waals surface area contributed by atoms with Gasteiger partial charge in [-0.2, -0.15) is 0 Å². The molecule has 0 unspecified atom stereocenters. The molecule has 0 heterocycles. The minimum Gasteiger partial charge on any atom is -0.481 e. The fraction of sp³-hybridized carbons (Fsp3) is 0.875. The van der Waals surface area contributed by atoms with Crippen LogP contribution in [0, 0.1) is 5.41 Å². The molecule has 2 nitrogen and oxygen atoms in total. The third kappa shape index (κ3) is 1.75. The van der Waals surface area contributed by atoms with Crippen LogP contribution in [0.5, 0.6) is 0 Å². The van der Waals surface area contributed by atoms with Crippen LogP contribution in [-0.2, 0) is 4.79 Å². The molecule has 1 fully saturated rings. The van der Waals surface area contributed by atoms with Gasteiger partial charge in [0.25, 0.3) is 0 Å². The molecule has 0 aromatic carbocycles. The van der Waals surface area contributed by atoms with E-state index in [2.05, 4.69) is 15.9 Å². The standard InChI is InChI=1S/C8H13BrO2/c9-6-2-5-8(7(10)11)3-1-4-8/h1-6H2,(H,10,11). The van der Waals surface area contributed by atoms with Crippen LogP contribution in [-0.4, -0.2) is 16.4 Å². The number of halogens is 1. The molecule has 11 heavy (non-hydrogen) atoms. The van der Waals surface area contributed by atoms with E-state index in [0.717, 1.165) is 37.4 Å². The lowest BCUT2D eigenvalue weighted by Crippen LogP contribution is -2.37. The average molecular weight is 221 g/mol. The molecule has 64 valence electrons. The molecule has 3 heteroatoms. The summed E-state index contributed by atoms with van der Waals surface area (Å²) in [6.07, 6.45) is 4.68. The molecule has 0 aliphatic heterocycles. The number of carboxylic acid groups (broad SMARTS) is 1. The molecule has 1 N–H and O–H groups in total. The highest BCUT2D eigenvalue weighted by atomic mass is 79.9. The van der Waals surface area contributed by atoms with Crippen LogP contribution in [0.1, 0.15) is 32.1 Å². The average Bonchev–Trinajstić information content (AvgIpc) is 1.85. The van der Waals surface area contributed by atoms with Gasteiger partial charge in [-0.1, -0.05) is 22.4 Å². The predicted molar refractivity (Wildman–Crippen MR) is 46.9 cm³/mol. The molecule has 0 radical (unpaired) electrons. The number of hydrogen-bond donors (Lipinski definition) is 1. The van der Waals surface area contributed by atoms with Crippen molar-refractivity contribution in [2.45, 2.75) is 32.1 Å². The number of carbonyl (C=O) groups is 1. The fourth-order valence-electron chi connectivity index (χ4n) is 1.58. The first kappa shape index (κ1) is 9.04. The normalized spacial score (nSPS) is 20.8. The molecule has 0 atom stereocenters. The minimum atomic E-state index is -0.593. The lowest BCUT2D eigenvalue weighted by molar-refractivity contribution is -0.155. The monoisotopic (exact) mass is 220 g/mol. The van der Waals surface area contributed by atoms with E-state index in [1.165, 1.54) is 0 Å². The zero-order valence-electron chi connectivity index (χ0n) is 6.48. The van der Waals surface area contributed by atoms with Crippen LogP contribution in [0.4, 0.5) is 0 Å². The van der Waals surface area contributed by atoms with Crippen LogP contribution >= 0.6 is 15.9 Å². The van der Waals surface area contributed by atoms with E-state index in [-0.39, 0.29) is 5.41 Å². The van der Waals surface area contributed by atoms with Gasteiger partial charge in [-0.3, -0.25) is 4.79 Å². The van der Waals surface area contributed by atoms with Crippen molar-refractivity contribution in [3.63, 3.8) is 0 Å². The van der Waals surface area contributed by atoms with Crippen molar-refractivity contribution in [1.82, 2.24) is 0 Å². The van der Waals surface area contributed by atoms with E-state index < -0.39 is 5.97 Å². The van der Waals surface area contributed by atoms with E-state index in [9.17, 15) is 4.79 Å². The maximum atomic E-state index is 10.8. The van der Waals surface area contributed by atoms with Crippen molar-refractivity contribution in [3.8, 4) is 0 Å². The van der Waals surface area contributed by atoms with E-state index in [0.29, 0.717) is 0 Å². The largest absolute Gasteiger partial charge is 0.481 e. The number of rotatable bonds is 4. The first-order valence-corrected chi connectivity index (χ1v) is 5.13. The van der Waals surface area contributed by atoms with E-state index in [1.807, 2.05) is 0 Å². The minimum absolute atomic E-state index is 0.340. The van der Waals surface area contributed by atoms with Gasteiger partial charge in [-0.05, 0) is 25.7 Å². The molecule has 1 aliphatic rings. The molecular weight excluding hydrogens is 208 g/mol. The number of alkyl halides is 1. The fourth-order valence-corrected chi connectivity index (χ4v) is 1.86. The van der Waals surface area contributed by atoms with Crippen LogP contribution in [0.25, 0.3) is 0 Å². The molecular formula is C8H13BrO2. The number of aliphatic carboxylic acids is 1. The zero-order valence-corrected chi connectivity index (χ0v) is 8.06. The highest BCUT2D eigenvalue weighted by molar-refractivity contribution is 9.09. The molecule has 0 bridgehead atoms. The molecule has 0 amide bonds. The molecule has 1 rings (SSSR count). The maximum Gasteiger partial charge on any atom is 0.309 e. The second-order valence-electron chi connectivity index (χ2n) is 3.23. The lowest BCUT2D eigenvalue weighted by Gasteiger charge is -2.37. The van der Waals surface area contributed by atoms with Crippen LogP contribution in [0.15, 0.2) is 0 Å². The van der Waals surface area contributed by atoms with Crippen LogP contribution in [0.3, 0.4) is 0 Å². The van der Waals surface area contributed by atoms with Crippen molar-refractivity contribution in [2.75, 3.05) is 5.33 Å². The second-order valence-corrected chi connectivity index (χ2v) is 4.02. The summed E-state index contributed by atoms with van der Waals surface area (Å²) in [5.74, 6) is -0.593. The van der Waals surface area contributed by atoms with Crippen LogP contribution < -0.4 is 0 Å². The Morgan fingerprint density at radius 3 is 2.45 bits per heavy atom. The third-order valence-corrected chi connectivity index (χ3v) is 3.11. The summed E-state index contributed by atoms with van der Waals surface area (Å²) in [4.78, 5) is 10.8.